The number of rotatable bonds is 3. The number of nitrogen functional groups attached to an aromatic ring is 1. The Morgan fingerprint density at radius 1 is 1.39 bits per heavy atom. The minimum Gasteiger partial charge on any atom is -0.398 e. The Hall–Kier alpha value is -1.79. The third-order valence-electron chi connectivity index (χ3n) is 2.28. The van der Waals surface area contributed by atoms with Crippen LogP contribution in [0.15, 0.2) is 18.2 Å². The zero-order valence-electron chi connectivity index (χ0n) is 9.59. The van der Waals surface area contributed by atoms with Gasteiger partial charge in [0.15, 0.2) is 0 Å². The molecule has 0 aliphatic carbocycles. The van der Waals surface area contributed by atoms with E-state index >= 15 is 0 Å². The molecule has 1 aromatic rings. The van der Waals surface area contributed by atoms with Gasteiger partial charge in [0.25, 0.3) is 5.91 Å². The van der Waals surface area contributed by atoms with Gasteiger partial charge in [0.2, 0.25) is 0 Å². The topological polar surface area (TPSA) is 46.3 Å². The Balaban J connectivity index is 2.97. The van der Waals surface area contributed by atoms with Crippen molar-refractivity contribution in [3.63, 3.8) is 0 Å². The number of anilines is 1. The van der Waals surface area contributed by atoms with Crippen molar-refractivity contribution < 1.29 is 22.4 Å². The van der Waals surface area contributed by atoms with Gasteiger partial charge in [-0.15, -0.1) is 0 Å². The molecule has 0 bridgehead atoms. The zero-order valence-corrected chi connectivity index (χ0v) is 9.59. The predicted molar refractivity (Wildman–Crippen MR) is 58.4 cm³/mol. The van der Waals surface area contributed by atoms with Crippen LogP contribution in [0.2, 0.25) is 0 Å². The first-order valence-electron chi connectivity index (χ1n) is 5.15. The van der Waals surface area contributed by atoms with Crippen LogP contribution >= 0.6 is 0 Å². The molecule has 2 N–H and O–H groups in total. The molecular weight excluding hydrogens is 252 g/mol. The second kappa shape index (κ2) is 5.24. The molecule has 0 unspecified atom stereocenters. The molecule has 18 heavy (non-hydrogen) atoms. The van der Waals surface area contributed by atoms with Crippen molar-refractivity contribution in [1.82, 2.24) is 4.90 Å². The van der Waals surface area contributed by atoms with Gasteiger partial charge in [0.05, 0.1) is 5.56 Å². The number of carbonyl (C=O) groups excluding carboxylic acids is 1. The zero-order chi connectivity index (χ0) is 13.9. The number of nitrogens with zero attached hydrogens (tertiary/aromatic N) is 1. The lowest BCUT2D eigenvalue weighted by Crippen LogP contribution is -2.39. The van der Waals surface area contributed by atoms with Crippen molar-refractivity contribution in [3.05, 3.63) is 29.6 Å². The lowest BCUT2D eigenvalue weighted by Gasteiger charge is -2.22. The third kappa shape index (κ3) is 3.61. The summed E-state index contributed by atoms with van der Waals surface area (Å²) < 4.78 is 49.5. The van der Waals surface area contributed by atoms with Crippen LogP contribution in [0, 0.1) is 5.82 Å². The molecule has 100 valence electrons. The third-order valence-corrected chi connectivity index (χ3v) is 2.28. The minimum atomic E-state index is -4.49. The molecule has 0 aromatic heterocycles. The van der Waals surface area contributed by atoms with Crippen LogP contribution in [0.3, 0.4) is 0 Å². The molecule has 0 saturated carbocycles. The number of benzene rings is 1. The van der Waals surface area contributed by atoms with Crippen LogP contribution in [0.5, 0.6) is 0 Å². The molecule has 1 amide bonds. The van der Waals surface area contributed by atoms with Crippen LogP contribution in [0.25, 0.3) is 0 Å². The van der Waals surface area contributed by atoms with E-state index in [0.717, 1.165) is 18.2 Å². The molecule has 0 fully saturated rings. The van der Waals surface area contributed by atoms with E-state index in [1.54, 1.807) is 0 Å². The molecule has 0 atom stereocenters. The maximum Gasteiger partial charge on any atom is 0.406 e. The van der Waals surface area contributed by atoms with Crippen LogP contribution in [-0.4, -0.2) is 30.1 Å². The lowest BCUT2D eigenvalue weighted by molar-refractivity contribution is -0.140. The second-order valence-corrected chi connectivity index (χ2v) is 3.67. The maximum atomic E-state index is 12.8. The van der Waals surface area contributed by atoms with Gasteiger partial charge in [0, 0.05) is 12.2 Å². The van der Waals surface area contributed by atoms with Crippen LogP contribution < -0.4 is 5.73 Å². The van der Waals surface area contributed by atoms with Crippen molar-refractivity contribution in [2.45, 2.75) is 13.1 Å². The first kappa shape index (κ1) is 14.3. The summed E-state index contributed by atoms with van der Waals surface area (Å²) >= 11 is 0. The Kier molecular flexibility index (Phi) is 4.15. The van der Waals surface area contributed by atoms with E-state index in [2.05, 4.69) is 0 Å². The van der Waals surface area contributed by atoms with Crippen molar-refractivity contribution in [2.75, 3.05) is 18.8 Å². The molecule has 0 heterocycles. The fourth-order valence-electron chi connectivity index (χ4n) is 1.44. The summed E-state index contributed by atoms with van der Waals surface area (Å²) in [6, 6.07) is 2.95. The molecule has 0 saturated heterocycles. The molecule has 0 aliphatic heterocycles. The number of halogens is 4. The second-order valence-electron chi connectivity index (χ2n) is 3.67. The molecule has 7 heteroatoms. The number of nitrogens with two attached hydrogens (primary N) is 1. The smallest absolute Gasteiger partial charge is 0.398 e. The predicted octanol–water partition coefficient (Wildman–Crippen LogP) is 2.43. The Labute approximate surface area is 101 Å². The van der Waals surface area contributed by atoms with Gasteiger partial charge in [0.1, 0.15) is 12.4 Å². The van der Waals surface area contributed by atoms with Crippen molar-refractivity contribution in [2.24, 2.45) is 0 Å². The van der Waals surface area contributed by atoms with Gasteiger partial charge in [-0.3, -0.25) is 4.79 Å². The number of alkyl halides is 3. The van der Waals surface area contributed by atoms with E-state index in [1.807, 2.05) is 0 Å². The number of hydrogen-bond acceptors (Lipinski definition) is 2. The largest absolute Gasteiger partial charge is 0.406 e. The highest BCUT2D eigenvalue weighted by Crippen LogP contribution is 2.20. The molecule has 0 radical (unpaired) electrons. The Bertz CT molecular complexity index is 445. The van der Waals surface area contributed by atoms with Crippen LogP contribution in [0.4, 0.5) is 23.2 Å². The molecular formula is C11H12F4N2O. The van der Waals surface area contributed by atoms with E-state index in [1.165, 1.54) is 6.92 Å². The SMILES string of the molecule is CCN(CC(F)(F)F)C(=O)c1ccc(F)cc1N. The van der Waals surface area contributed by atoms with Crippen molar-refractivity contribution in [3.8, 4) is 0 Å². The first-order valence-corrected chi connectivity index (χ1v) is 5.15. The monoisotopic (exact) mass is 264 g/mol. The van der Waals surface area contributed by atoms with Gasteiger partial charge >= 0.3 is 6.18 Å². The van der Waals surface area contributed by atoms with Crippen LogP contribution in [0.1, 0.15) is 17.3 Å². The van der Waals surface area contributed by atoms with Gasteiger partial charge in [-0.1, -0.05) is 0 Å². The van der Waals surface area contributed by atoms with Gasteiger partial charge < -0.3 is 10.6 Å². The van der Waals surface area contributed by atoms with E-state index in [-0.39, 0.29) is 17.8 Å². The Morgan fingerprint density at radius 3 is 2.44 bits per heavy atom. The highest BCUT2D eigenvalue weighted by Gasteiger charge is 2.33. The number of amides is 1. The molecule has 0 aliphatic rings. The fraction of sp³-hybridized carbons (Fsp3) is 0.364. The van der Waals surface area contributed by atoms with E-state index in [9.17, 15) is 22.4 Å². The number of carbonyl (C=O) groups is 1. The molecule has 1 aromatic carbocycles. The summed E-state index contributed by atoms with van der Waals surface area (Å²) in [6.07, 6.45) is -4.49. The highest BCUT2D eigenvalue weighted by molar-refractivity contribution is 5.99. The summed E-state index contributed by atoms with van der Waals surface area (Å²) in [5, 5.41) is 0. The summed E-state index contributed by atoms with van der Waals surface area (Å²) in [5.41, 5.74) is 5.09. The fourth-order valence-corrected chi connectivity index (χ4v) is 1.44. The minimum absolute atomic E-state index is 0.116. The summed E-state index contributed by atoms with van der Waals surface area (Å²) in [5.74, 6) is -1.52. The molecule has 3 nitrogen and oxygen atoms in total. The lowest BCUT2D eigenvalue weighted by atomic mass is 10.1. The quantitative estimate of drug-likeness (QED) is 0.673. The Morgan fingerprint density at radius 2 is 2.00 bits per heavy atom. The summed E-state index contributed by atoms with van der Waals surface area (Å²) in [7, 11) is 0. The highest BCUT2D eigenvalue weighted by atomic mass is 19.4. The van der Waals surface area contributed by atoms with E-state index in [0.29, 0.717) is 4.90 Å². The maximum absolute atomic E-state index is 12.8. The van der Waals surface area contributed by atoms with Crippen LogP contribution in [-0.2, 0) is 0 Å². The summed E-state index contributed by atoms with van der Waals surface area (Å²) in [6.45, 7) is -0.0579. The van der Waals surface area contributed by atoms with Gasteiger partial charge in [-0.05, 0) is 25.1 Å². The average molecular weight is 264 g/mol. The van der Waals surface area contributed by atoms with Crippen molar-refractivity contribution in [1.29, 1.82) is 0 Å². The van der Waals surface area contributed by atoms with Crippen molar-refractivity contribution >= 4 is 11.6 Å². The molecule has 0 spiro atoms. The van der Waals surface area contributed by atoms with Gasteiger partial charge in [-0.25, -0.2) is 4.39 Å². The first-order chi connectivity index (χ1) is 8.24. The summed E-state index contributed by atoms with van der Waals surface area (Å²) in [4.78, 5) is 12.4. The van der Waals surface area contributed by atoms with E-state index < -0.39 is 24.4 Å². The normalized spacial score (nSPS) is 11.4. The van der Waals surface area contributed by atoms with Gasteiger partial charge in [-0.2, -0.15) is 13.2 Å². The van der Waals surface area contributed by atoms with E-state index in [4.69, 9.17) is 5.73 Å². The number of hydrogen-bond donors (Lipinski definition) is 1. The standard InChI is InChI=1S/C11H12F4N2O/c1-2-17(6-11(13,14)15)10(18)8-4-3-7(12)5-9(8)16/h3-5H,2,6,16H2,1H3. The molecule has 1 rings (SSSR count). The average Bonchev–Trinajstić information content (AvgIpc) is 2.24.